The molecule has 5 heteroatoms. The molecule has 0 saturated carbocycles. The number of aromatic nitrogens is 2. The van der Waals surface area contributed by atoms with E-state index in [1.165, 1.54) is 16.7 Å². The van der Waals surface area contributed by atoms with E-state index < -0.39 is 0 Å². The molecule has 0 radical (unpaired) electrons. The molecule has 1 aromatic heterocycles. The second-order valence-corrected chi connectivity index (χ2v) is 8.22. The number of carbonyl (C=O) groups is 1. The predicted octanol–water partition coefficient (Wildman–Crippen LogP) is 3.82. The van der Waals surface area contributed by atoms with Gasteiger partial charge in [-0.2, -0.15) is 0 Å². The first-order valence-electron chi connectivity index (χ1n) is 10.6. The Bertz CT molecular complexity index is 971. The molecule has 2 aromatic carbocycles. The molecule has 1 fully saturated rings. The van der Waals surface area contributed by atoms with Crippen molar-refractivity contribution in [1.82, 2.24) is 19.8 Å². The van der Waals surface area contributed by atoms with Gasteiger partial charge in [-0.05, 0) is 55.5 Å². The van der Waals surface area contributed by atoms with E-state index in [0.717, 1.165) is 43.5 Å². The van der Waals surface area contributed by atoms with Crippen LogP contribution in [0.3, 0.4) is 0 Å². The van der Waals surface area contributed by atoms with E-state index in [1.54, 1.807) is 0 Å². The Hall–Kier alpha value is -2.66. The van der Waals surface area contributed by atoms with Crippen LogP contribution in [-0.4, -0.2) is 39.5 Å². The first-order valence-corrected chi connectivity index (χ1v) is 10.6. The third kappa shape index (κ3) is 4.85. The standard InChI is InChI=1S/C24H30N4O/c1-18-14-22-23(15-19(18)2)28(17-25-22)13-10-24(29)26-21-8-11-27(12-9-21)16-20-6-4-3-5-7-20/h3-7,14-15,17,21H,8-13,16H2,1-2H3,(H,26,29). The van der Waals surface area contributed by atoms with Crippen molar-refractivity contribution in [2.75, 3.05) is 13.1 Å². The number of amides is 1. The van der Waals surface area contributed by atoms with Gasteiger partial charge in [0.05, 0.1) is 17.4 Å². The van der Waals surface area contributed by atoms with Crippen LogP contribution < -0.4 is 5.32 Å². The number of benzene rings is 2. The van der Waals surface area contributed by atoms with Gasteiger partial charge in [0.25, 0.3) is 0 Å². The molecule has 5 nitrogen and oxygen atoms in total. The Labute approximate surface area is 172 Å². The van der Waals surface area contributed by atoms with Crippen molar-refractivity contribution in [3.63, 3.8) is 0 Å². The monoisotopic (exact) mass is 390 g/mol. The summed E-state index contributed by atoms with van der Waals surface area (Å²) < 4.78 is 2.09. The normalized spacial score (nSPS) is 15.7. The van der Waals surface area contributed by atoms with Crippen LogP contribution in [0.4, 0.5) is 0 Å². The Morgan fingerprint density at radius 2 is 1.83 bits per heavy atom. The number of piperidine rings is 1. The molecule has 1 saturated heterocycles. The molecule has 1 aliphatic rings. The lowest BCUT2D eigenvalue weighted by Crippen LogP contribution is -2.44. The maximum Gasteiger partial charge on any atom is 0.222 e. The lowest BCUT2D eigenvalue weighted by atomic mass is 10.0. The highest BCUT2D eigenvalue weighted by Crippen LogP contribution is 2.19. The molecule has 1 N–H and O–H groups in total. The maximum absolute atomic E-state index is 12.5. The SMILES string of the molecule is Cc1cc2ncn(CCC(=O)NC3CCN(Cc4ccccc4)CC3)c2cc1C. The molecule has 3 aromatic rings. The highest BCUT2D eigenvalue weighted by molar-refractivity contribution is 5.78. The second-order valence-electron chi connectivity index (χ2n) is 8.22. The van der Waals surface area contributed by atoms with Gasteiger partial charge in [0.2, 0.25) is 5.91 Å². The van der Waals surface area contributed by atoms with Crippen molar-refractivity contribution in [2.45, 2.75) is 52.2 Å². The van der Waals surface area contributed by atoms with E-state index in [0.29, 0.717) is 19.0 Å². The molecule has 1 aliphatic heterocycles. The fourth-order valence-corrected chi connectivity index (χ4v) is 4.09. The minimum absolute atomic E-state index is 0.136. The Balaban J connectivity index is 1.24. The molecule has 0 atom stereocenters. The number of likely N-dealkylation sites (tertiary alicyclic amines) is 1. The van der Waals surface area contributed by atoms with Gasteiger partial charge in [0.1, 0.15) is 0 Å². The summed E-state index contributed by atoms with van der Waals surface area (Å²) in [5, 5.41) is 3.23. The third-order valence-electron chi connectivity index (χ3n) is 6.02. The highest BCUT2D eigenvalue weighted by atomic mass is 16.1. The number of rotatable bonds is 6. The Kier molecular flexibility index (Phi) is 5.95. The van der Waals surface area contributed by atoms with Gasteiger partial charge in [-0.1, -0.05) is 30.3 Å². The Morgan fingerprint density at radius 3 is 2.59 bits per heavy atom. The van der Waals surface area contributed by atoms with Gasteiger partial charge in [0, 0.05) is 38.6 Å². The van der Waals surface area contributed by atoms with Crippen LogP contribution >= 0.6 is 0 Å². The molecule has 0 unspecified atom stereocenters. The van der Waals surface area contributed by atoms with Crippen molar-refractivity contribution < 1.29 is 4.79 Å². The van der Waals surface area contributed by atoms with Crippen LogP contribution in [0, 0.1) is 13.8 Å². The largest absolute Gasteiger partial charge is 0.353 e. The summed E-state index contributed by atoms with van der Waals surface area (Å²) in [5.41, 5.74) is 5.97. The molecule has 2 heterocycles. The van der Waals surface area contributed by atoms with E-state index >= 15 is 0 Å². The van der Waals surface area contributed by atoms with Gasteiger partial charge in [-0.15, -0.1) is 0 Å². The van der Waals surface area contributed by atoms with Crippen molar-refractivity contribution in [3.05, 3.63) is 65.5 Å². The van der Waals surface area contributed by atoms with Crippen molar-refractivity contribution >= 4 is 16.9 Å². The van der Waals surface area contributed by atoms with Gasteiger partial charge in [0.15, 0.2) is 0 Å². The van der Waals surface area contributed by atoms with E-state index in [-0.39, 0.29) is 5.91 Å². The molecular weight excluding hydrogens is 360 g/mol. The van der Waals surface area contributed by atoms with Gasteiger partial charge in [-0.3, -0.25) is 9.69 Å². The average molecular weight is 391 g/mol. The number of imidazole rings is 1. The molecular formula is C24H30N4O. The zero-order valence-electron chi connectivity index (χ0n) is 17.4. The van der Waals surface area contributed by atoms with Crippen molar-refractivity contribution in [1.29, 1.82) is 0 Å². The summed E-state index contributed by atoms with van der Waals surface area (Å²) in [7, 11) is 0. The number of nitrogens with one attached hydrogen (secondary N) is 1. The van der Waals surface area contributed by atoms with E-state index in [1.807, 2.05) is 6.33 Å². The number of fused-ring (bicyclic) bond motifs is 1. The predicted molar refractivity (Wildman–Crippen MR) is 117 cm³/mol. The van der Waals surface area contributed by atoms with Gasteiger partial charge in [-0.25, -0.2) is 4.98 Å². The molecule has 0 spiro atoms. The number of carbonyl (C=O) groups excluding carboxylic acids is 1. The molecule has 0 aliphatic carbocycles. The summed E-state index contributed by atoms with van der Waals surface area (Å²) in [6.07, 6.45) is 4.37. The minimum Gasteiger partial charge on any atom is -0.353 e. The van der Waals surface area contributed by atoms with Crippen LogP contribution in [0.25, 0.3) is 11.0 Å². The third-order valence-corrected chi connectivity index (χ3v) is 6.02. The van der Waals surface area contributed by atoms with Gasteiger partial charge < -0.3 is 9.88 Å². The van der Waals surface area contributed by atoms with Crippen molar-refractivity contribution in [2.24, 2.45) is 0 Å². The number of hydrogen-bond donors (Lipinski definition) is 1. The summed E-state index contributed by atoms with van der Waals surface area (Å²) in [5.74, 6) is 0.136. The average Bonchev–Trinajstić information content (AvgIpc) is 3.11. The first kappa shape index (κ1) is 19.6. The number of aryl methyl sites for hydroxylation is 3. The second kappa shape index (κ2) is 8.78. The summed E-state index contributed by atoms with van der Waals surface area (Å²) >= 11 is 0. The highest BCUT2D eigenvalue weighted by Gasteiger charge is 2.20. The molecule has 0 bridgehead atoms. The van der Waals surface area contributed by atoms with E-state index in [2.05, 4.69) is 76.1 Å². The van der Waals surface area contributed by atoms with Crippen molar-refractivity contribution in [3.8, 4) is 0 Å². The number of hydrogen-bond acceptors (Lipinski definition) is 3. The van der Waals surface area contributed by atoms with Crippen LogP contribution in [-0.2, 0) is 17.9 Å². The lowest BCUT2D eigenvalue weighted by Gasteiger charge is -2.32. The molecule has 1 amide bonds. The van der Waals surface area contributed by atoms with Crippen LogP contribution in [0.15, 0.2) is 48.8 Å². The molecule has 4 rings (SSSR count). The summed E-state index contributed by atoms with van der Waals surface area (Å²) in [6, 6.07) is 15.2. The quantitative estimate of drug-likeness (QED) is 0.696. The van der Waals surface area contributed by atoms with Crippen LogP contribution in [0.1, 0.15) is 36.0 Å². The molecule has 29 heavy (non-hydrogen) atoms. The van der Waals surface area contributed by atoms with Crippen LogP contribution in [0.5, 0.6) is 0 Å². The summed E-state index contributed by atoms with van der Waals surface area (Å²) in [4.78, 5) is 19.4. The zero-order valence-corrected chi connectivity index (χ0v) is 17.4. The lowest BCUT2D eigenvalue weighted by molar-refractivity contribution is -0.122. The fourth-order valence-electron chi connectivity index (χ4n) is 4.09. The van der Waals surface area contributed by atoms with Gasteiger partial charge >= 0.3 is 0 Å². The topological polar surface area (TPSA) is 50.2 Å². The zero-order chi connectivity index (χ0) is 20.2. The number of nitrogens with zero attached hydrogens (tertiary/aromatic N) is 3. The fraction of sp³-hybridized carbons (Fsp3) is 0.417. The minimum atomic E-state index is 0.136. The summed E-state index contributed by atoms with van der Waals surface area (Å²) in [6.45, 7) is 7.94. The first-order chi connectivity index (χ1) is 14.1. The Morgan fingerprint density at radius 1 is 1.10 bits per heavy atom. The van der Waals surface area contributed by atoms with E-state index in [9.17, 15) is 4.79 Å². The van der Waals surface area contributed by atoms with Crippen LogP contribution in [0.2, 0.25) is 0 Å². The maximum atomic E-state index is 12.5. The van der Waals surface area contributed by atoms with E-state index in [4.69, 9.17) is 0 Å². The molecule has 152 valence electrons. The smallest absolute Gasteiger partial charge is 0.222 e.